The van der Waals surface area contributed by atoms with Gasteiger partial charge in [0.05, 0.1) is 4.90 Å². The molecule has 0 radical (unpaired) electrons. The molecular weight excluding hydrogens is 360 g/mol. The van der Waals surface area contributed by atoms with Crippen molar-refractivity contribution in [2.45, 2.75) is 25.2 Å². The van der Waals surface area contributed by atoms with Gasteiger partial charge in [0.2, 0.25) is 15.9 Å². The maximum absolute atomic E-state index is 12.5. The van der Waals surface area contributed by atoms with E-state index >= 15 is 0 Å². The minimum atomic E-state index is -3.66. The van der Waals surface area contributed by atoms with E-state index in [2.05, 4.69) is 10.0 Å². The van der Waals surface area contributed by atoms with Crippen LogP contribution in [0.4, 0.5) is 5.69 Å². The number of aryl methyl sites for hydroxylation is 2. The van der Waals surface area contributed by atoms with Crippen LogP contribution in [-0.4, -0.2) is 20.9 Å². The molecule has 0 saturated heterocycles. The van der Waals surface area contributed by atoms with E-state index in [-0.39, 0.29) is 23.8 Å². The minimum Gasteiger partial charge on any atom is -0.326 e. The van der Waals surface area contributed by atoms with E-state index < -0.39 is 10.0 Å². The average molecular weight is 382 g/mol. The molecule has 0 atom stereocenters. The fourth-order valence-electron chi connectivity index (χ4n) is 2.88. The van der Waals surface area contributed by atoms with Crippen LogP contribution >= 0.6 is 0 Å². The molecule has 0 saturated carbocycles. The van der Waals surface area contributed by atoms with Crippen LogP contribution in [0.3, 0.4) is 0 Å². The van der Waals surface area contributed by atoms with Gasteiger partial charge in [0.1, 0.15) is 0 Å². The molecule has 140 valence electrons. The Morgan fingerprint density at radius 3 is 2.41 bits per heavy atom. The SMILES string of the molecule is Cc1ccc(NC(=O)CCNS(=O)(=O)c2ccc3ccccc3c2)c(C)c1. The van der Waals surface area contributed by atoms with E-state index in [1.165, 1.54) is 0 Å². The molecule has 2 N–H and O–H groups in total. The van der Waals surface area contributed by atoms with Crippen molar-refractivity contribution in [1.29, 1.82) is 0 Å². The van der Waals surface area contributed by atoms with Gasteiger partial charge in [0.25, 0.3) is 0 Å². The van der Waals surface area contributed by atoms with Crippen LogP contribution in [0.2, 0.25) is 0 Å². The van der Waals surface area contributed by atoms with Crippen molar-refractivity contribution in [3.63, 3.8) is 0 Å². The second kappa shape index (κ2) is 7.90. The second-order valence-corrected chi connectivity index (χ2v) is 8.29. The molecule has 0 aliphatic heterocycles. The van der Waals surface area contributed by atoms with Gasteiger partial charge in [0.15, 0.2) is 0 Å². The van der Waals surface area contributed by atoms with Crippen LogP contribution in [0.15, 0.2) is 65.6 Å². The maximum atomic E-state index is 12.5. The Morgan fingerprint density at radius 1 is 0.926 bits per heavy atom. The third-order valence-corrected chi connectivity index (χ3v) is 5.79. The molecule has 1 amide bonds. The average Bonchev–Trinajstić information content (AvgIpc) is 2.63. The molecule has 3 aromatic carbocycles. The summed E-state index contributed by atoms with van der Waals surface area (Å²) in [6, 6.07) is 18.3. The zero-order valence-corrected chi connectivity index (χ0v) is 16.1. The standard InChI is InChI=1S/C21H22N2O3S/c1-15-7-10-20(16(2)13-15)23-21(24)11-12-22-27(25,26)19-9-8-17-5-3-4-6-18(17)14-19/h3-10,13-14,22H,11-12H2,1-2H3,(H,23,24). The molecule has 27 heavy (non-hydrogen) atoms. The van der Waals surface area contributed by atoms with Gasteiger partial charge in [0, 0.05) is 18.7 Å². The van der Waals surface area contributed by atoms with Crippen LogP contribution in [0, 0.1) is 13.8 Å². The number of fused-ring (bicyclic) bond motifs is 1. The predicted molar refractivity (Wildman–Crippen MR) is 108 cm³/mol. The highest BCUT2D eigenvalue weighted by atomic mass is 32.2. The fourth-order valence-corrected chi connectivity index (χ4v) is 3.95. The Morgan fingerprint density at radius 2 is 1.67 bits per heavy atom. The summed E-state index contributed by atoms with van der Waals surface area (Å²) < 4.78 is 27.4. The summed E-state index contributed by atoms with van der Waals surface area (Å²) in [6.45, 7) is 3.94. The molecule has 0 bridgehead atoms. The van der Waals surface area contributed by atoms with Gasteiger partial charge in [-0.15, -0.1) is 0 Å². The highest BCUT2D eigenvalue weighted by Gasteiger charge is 2.15. The molecule has 0 aromatic heterocycles. The van der Waals surface area contributed by atoms with E-state index in [4.69, 9.17) is 0 Å². The smallest absolute Gasteiger partial charge is 0.240 e. The van der Waals surface area contributed by atoms with E-state index in [9.17, 15) is 13.2 Å². The normalized spacial score (nSPS) is 11.5. The summed E-state index contributed by atoms with van der Waals surface area (Å²) in [4.78, 5) is 12.3. The molecular formula is C21H22N2O3S. The minimum absolute atomic E-state index is 0.0336. The molecule has 5 nitrogen and oxygen atoms in total. The van der Waals surface area contributed by atoms with E-state index in [0.29, 0.717) is 0 Å². The molecule has 3 aromatic rings. The van der Waals surface area contributed by atoms with Crippen molar-refractivity contribution in [1.82, 2.24) is 4.72 Å². The maximum Gasteiger partial charge on any atom is 0.240 e. The lowest BCUT2D eigenvalue weighted by molar-refractivity contribution is -0.116. The monoisotopic (exact) mass is 382 g/mol. The lowest BCUT2D eigenvalue weighted by Gasteiger charge is -2.10. The fraction of sp³-hybridized carbons (Fsp3) is 0.190. The Labute approximate surface area is 159 Å². The lowest BCUT2D eigenvalue weighted by Crippen LogP contribution is -2.28. The highest BCUT2D eigenvalue weighted by molar-refractivity contribution is 7.89. The van der Waals surface area contributed by atoms with Crippen molar-refractivity contribution < 1.29 is 13.2 Å². The van der Waals surface area contributed by atoms with E-state index in [0.717, 1.165) is 27.6 Å². The number of amides is 1. The van der Waals surface area contributed by atoms with Gasteiger partial charge in [-0.25, -0.2) is 13.1 Å². The van der Waals surface area contributed by atoms with Gasteiger partial charge in [-0.3, -0.25) is 4.79 Å². The Balaban J connectivity index is 1.60. The molecule has 6 heteroatoms. The van der Waals surface area contributed by atoms with Crippen molar-refractivity contribution in [3.8, 4) is 0 Å². The van der Waals surface area contributed by atoms with Crippen LogP contribution in [-0.2, 0) is 14.8 Å². The number of benzene rings is 3. The first-order chi connectivity index (χ1) is 12.8. The Hall–Kier alpha value is -2.70. The van der Waals surface area contributed by atoms with Gasteiger partial charge < -0.3 is 5.32 Å². The number of hydrogen-bond acceptors (Lipinski definition) is 3. The first kappa shape index (κ1) is 19.1. The first-order valence-electron chi connectivity index (χ1n) is 8.71. The lowest BCUT2D eigenvalue weighted by atomic mass is 10.1. The summed E-state index contributed by atoms with van der Waals surface area (Å²) in [7, 11) is -3.66. The van der Waals surface area contributed by atoms with Crippen LogP contribution in [0.25, 0.3) is 10.8 Å². The van der Waals surface area contributed by atoms with E-state index in [1.807, 2.05) is 56.3 Å². The van der Waals surface area contributed by atoms with Gasteiger partial charge in [-0.1, -0.05) is 48.0 Å². The van der Waals surface area contributed by atoms with Gasteiger partial charge >= 0.3 is 0 Å². The van der Waals surface area contributed by atoms with E-state index in [1.54, 1.807) is 18.2 Å². The van der Waals surface area contributed by atoms with Crippen molar-refractivity contribution >= 4 is 32.4 Å². The molecule has 0 heterocycles. The number of rotatable bonds is 6. The topological polar surface area (TPSA) is 75.3 Å². The van der Waals surface area contributed by atoms with Crippen LogP contribution in [0.5, 0.6) is 0 Å². The zero-order valence-electron chi connectivity index (χ0n) is 15.3. The van der Waals surface area contributed by atoms with Crippen molar-refractivity contribution in [2.75, 3.05) is 11.9 Å². The number of sulfonamides is 1. The van der Waals surface area contributed by atoms with Crippen molar-refractivity contribution in [3.05, 3.63) is 71.8 Å². The molecule has 3 rings (SSSR count). The highest BCUT2D eigenvalue weighted by Crippen LogP contribution is 2.19. The summed E-state index contributed by atoms with van der Waals surface area (Å²) in [5.74, 6) is -0.233. The third-order valence-electron chi connectivity index (χ3n) is 4.33. The summed E-state index contributed by atoms with van der Waals surface area (Å²) in [6.07, 6.45) is 0.0557. The van der Waals surface area contributed by atoms with Gasteiger partial charge in [-0.05, 0) is 48.4 Å². The predicted octanol–water partition coefficient (Wildman–Crippen LogP) is 3.76. The number of carbonyl (C=O) groups is 1. The van der Waals surface area contributed by atoms with Gasteiger partial charge in [-0.2, -0.15) is 0 Å². The quantitative estimate of drug-likeness (QED) is 0.681. The Bertz CT molecular complexity index is 1090. The Kier molecular flexibility index (Phi) is 5.58. The van der Waals surface area contributed by atoms with Crippen LogP contribution in [0.1, 0.15) is 17.5 Å². The third kappa shape index (κ3) is 4.72. The zero-order chi connectivity index (χ0) is 19.4. The summed E-state index contributed by atoms with van der Waals surface area (Å²) >= 11 is 0. The first-order valence-corrected chi connectivity index (χ1v) is 10.2. The number of anilines is 1. The largest absolute Gasteiger partial charge is 0.326 e. The molecule has 0 aliphatic carbocycles. The van der Waals surface area contributed by atoms with Crippen LogP contribution < -0.4 is 10.0 Å². The molecule has 0 fully saturated rings. The van der Waals surface area contributed by atoms with Crippen molar-refractivity contribution in [2.24, 2.45) is 0 Å². The number of carbonyl (C=O) groups excluding carboxylic acids is 1. The molecule has 0 spiro atoms. The number of nitrogens with one attached hydrogen (secondary N) is 2. The summed E-state index contributed by atoms with van der Waals surface area (Å²) in [5, 5.41) is 4.64. The second-order valence-electron chi connectivity index (χ2n) is 6.52. The molecule has 0 aliphatic rings. The number of hydrogen-bond donors (Lipinski definition) is 2. The summed E-state index contributed by atoms with van der Waals surface area (Å²) in [5.41, 5.74) is 2.83. The molecule has 0 unspecified atom stereocenters.